The van der Waals surface area contributed by atoms with E-state index in [-0.39, 0.29) is 22.6 Å². The second-order valence-corrected chi connectivity index (χ2v) is 11.1. The Balaban J connectivity index is 1.63. The number of rotatable bonds is 5. The van der Waals surface area contributed by atoms with E-state index in [1.165, 1.54) is 17.1 Å². The molecule has 0 fully saturated rings. The molecule has 0 saturated carbocycles. The summed E-state index contributed by atoms with van der Waals surface area (Å²) in [5.74, 6) is -0.172. The van der Waals surface area contributed by atoms with Crippen LogP contribution in [0.5, 0.6) is 0 Å². The molecule has 1 atom stereocenters. The molecule has 1 aliphatic heterocycles. The number of hydrazone groups is 1. The van der Waals surface area contributed by atoms with E-state index in [1.807, 2.05) is 67.6 Å². The largest absolute Gasteiger partial charge is 0.383 e. The van der Waals surface area contributed by atoms with Gasteiger partial charge in [-0.2, -0.15) is 18.5 Å². The maximum Gasteiger partial charge on any atom is 0.285 e. The van der Waals surface area contributed by atoms with Crippen molar-refractivity contribution < 1.29 is 8.42 Å². The van der Waals surface area contributed by atoms with Crippen LogP contribution in [-0.2, 0) is 10.0 Å². The van der Waals surface area contributed by atoms with Crippen LogP contribution in [-0.4, -0.2) is 37.5 Å². The molecule has 0 aromatic heterocycles. The first-order valence-electron chi connectivity index (χ1n) is 12.3. The van der Waals surface area contributed by atoms with Crippen LogP contribution >= 0.6 is 11.6 Å². The zero-order valence-corrected chi connectivity index (χ0v) is 22.7. The highest BCUT2D eigenvalue weighted by molar-refractivity contribution is 7.90. The van der Waals surface area contributed by atoms with Crippen molar-refractivity contribution in [1.29, 1.82) is 0 Å². The smallest absolute Gasteiger partial charge is 0.285 e. The molecule has 9 heteroatoms. The average Bonchev–Trinajstić information content (AvgIpc) is 3.40. The molecule has 0 spiro atoms. The Hall–Kier alpha value is -4.27. The van der Waals surface area contributed by atoms with Crippen molar-refractivity contribution in [3.63, 3.8) is 0 Å². The van der Waals surface area contributed by atoms with Gasteiger partial charge in [-0.05, 0) is 42.3 Å². The summed E-state index contributed by atoms with van der Waals surface area (Å²) in [4.78, 5) is 4.55. The Kier molecular flexibility index (Phi) is 7.58. The van der Waals surface area contributed by atoms with Crippen LogP contribution in [0.15, 0.2) is 129 Å². The number of hydrogen-bond donors (Lipinski definition) is 1. The first-order chi connectivity index (χ1) is 18.8. The van der Waals surface area contributed by atoms with Crippen molar-refractivity contribution >= 4 is 39.1 Å². The SMILES string of the molecule is Cc1ccc(S(=O)(=O)N=C(N=C(N)c2ccccc2)N2C[C@H](c3ccccc3)C(c3ccc(Cl)cc3)=N2)cc1. The third-order valence-corrected chi connectivity index (χ3v) is 7.82. The van der Waals surface area contributed by atoms with Crippen LogP contribution in [0.3, 0.4) is 0 Å². The molecule has 4 aromatic carbocycles. The molecule has 0 unspecified atom stereocenters. The van der Waals surface area contributed by atoms with Crippen LogP contribution in [0, 0.1) is 6.92 Å². The molecule has 2 N–H and O–H groups in total. The van der Waals surface area contributed by atoms with E-state index in [0.29, 0.717) is 17.1 Å². The minimum Gasteiger partial charge on any atom is -0.383 e. The number of sulfonamides is 1. The van der Waals surface area contributed by atoms with E-state index >= 15 is 0 Å². The fraction of sp³-hybridized carbons (Fsp3) is 0.100. The highest BCUT2D eigenvalue weighted by Crippen LogP contribution is 2.30. The molecule has 196 valence electrons. The lowest BCUT2D eigenvalue weighted by Crippen LogP contribution is -2.28. The summed E-state index contributed by atoms with van der Waals surface area (Å²) in [5, 5.41) is 6.95. The lowest BCUT2D eigenvalue weighted by atomic mass is 9.91. The molecule has 4 aromatic rings. The summed E-state index contributed by atoms with van der Waals surface area (Å²) in [6, 6.07) is 32.9. The number of aryl methyl sites for hydroxylation is 1. The van der Waals surface area contributed by atoms with Gasteiger partial charge in [0, 0.05) is 16.5 Å². The minimum atomic E-state index is -4.11. The molecule has 0 radical (unpaired) electrons. The number of aliphatic imine (C=N–C) groups is 1. The van der Waals surface area contributed by atoms with Gasteiger partial charge in [-0.15, -0.1) is 4.40 Å². The van der Waals surface area contributed by atoms with Crippen molar-refractivity contribution in [3.8, 4) is 0 Å². The number of guanidine groups is 1. The summed E-state index contributed by atoms with van der Waals surface area (Å²) in [5.41, 5.74) is 10.5. The maximum absolute atomic E-state index is 13.4. The molecular formula is C30H26ClN5O2S. The van der Waals surface area contributed by atoms with E-state index in [9.17, 15) is 8.42 Å². The van der Waals surface area contributed by atoms with Crippen molar-refractivity contribution in [3.05, 3.63) is 136 Å². The summed E-state index contributed by atoms with van der Waals surface area (Å²) in [6.07, 6.45) is 0. The van der Waals surface area contributed by atoms with Crippen molar-refractivity contribution in [2.24, 2.45) is 20.2 Å². The van der Waals surface area contributed by atoms with Crippen molar-refractivity contribution in [2.75, 3.05) is 6.54 Å². The zero-order valence-electron chi connectivity index (χ0n) is 21.1. The molecule has 0 bridgehead atoms. The second kappa shape index (κ2) is 11.2. The molecule has 0 amide bonds. The number of benzene rings is 4. The summed E-state index contributed by atoms with van der Waals surface area (Å²) in [6.45, 7) is 2.20. The van der Waals surface area contributed by atoms with E-state index in [0.717, 1.165) is 22.4 Å². The normalized spacial score (nSPS) is 16.3. The molecular weight excluding hydrogens is 530 g/mol. The molecule has 5 rings (SSSR count). The van der Waals surface area contributed by atoms with Gasteiger partial charge in [0.25, 0.3) is 16.0 Å². The van der Waals surface area contributed by atoms with Gasteiger partial charge in [0.2, 0.25) is 0 Å². The predicted octanol–water partition coefficient (Wildman–Crippen LogP) is 5.60. The molecule has 7 nitrogen and oxygen atoms in total. The van der Waals surface area contributed by atoms with Crippen molar-refractivity contribution in [1.82, 2.24) is 5.01 Å². The molecule has 39 heavy (non-hydrogen) atoms. The third-order valence-electron chi connectivity index (χ3n) is 6.30. The maximum atomic E-state index is 13.4. The quantitative estimate of drug-likeness (QED) is 0.256. The minimum absolute atomic E-state index is 0.0554. The topological polar surface area (TPSA) is 100 Å². The van der Waals surface area contributed by atoms with Gasteiger partial charge in [0.1, 0.15) is 5.84 Å². The van der Waals surface area contributed by atoms with E-state index in [1.54, 1.807) is 36.4 Å². The summed E-state index contributed by atoms with van der Waals surface area (Å²) >= 11 is 6.14. The van der Waals surface area contributed by atoms with Crippen LogP contribution in [0.2, 0.25) is 5.02 Å². The first kappa shape index (κ1) is 26.3. The lowest BCUT2D eigenvalue weighted by Gasteiger charge is -2.16. The van der Waals surface area contributed by atoms with E-state index in [4.69, 9.17) is 22.4 Å². The number of nitrogens with zero attached hydrogens (tertiary/aromatic N) is 4. The van der Waals surface area contributed by atoms with Crippen LogP contribution < -0.4 is 5.73 Å². The molecule has 1 heterocycles. The van der Waals surface area contributed by atoms with Gasteiger partial charge in [0.15, 0.2) is 0 Å². The van der Waals surface area contributed by atoms with Gasteiger partial charge in [0.05, 0.1) is 17.2 Å². The van der Waals surface area contributed by atoms with Gasteiger partial charge in [-0.1, -0.05) is 102 Å². The molecule has 1 aliphatic rings. The van der Waals surface area contributed by atoms with Gasteiger partial charge in [-0.3, -0.25) is 0 Å². The Bertz CT molecular complexity index is 1650. The van der Waals surface area contributed by atoms with Gasteiger partial charge < -0.3 is 5.73 Å². The molecule has 0 saturated heterocycles. The van der Waals surface area contributed by atoms with Crippen LogP contribution in [0.25, 0.3) is 0 Å². The summed E-state index contributed by atoms with van der Waals surface area (Å²) < 4.78 is 30.9. The highest BCUT2D eigenvalue weighted by Gasteiger charge is 2.32. The zero-order chi connectivity index (χ0) is 27.4. The Labute approximate surface area is 233 Å². The monoisotopic (exact) mass is 555 g/mol. The highest BCUT2D eigenvalue weighted by atomic mass is 35.5. The van der Waals surface area contributed by atoms with E-state index < -0.39 is 10.0 Å². The number of nitrogens with two attached hydrogens (primary N) is 1. The number of amidine groups is 1. The Morgan fingerprint density at radius 3 is 2.15 bits per heavy atom. The second-order valence-electron chi connectivity index (χ2n) is 9.08. The summed E-state index contributed by atoms with van der Waals surface area (Å²) in [7, 11) is -4.11. The third kappa shape index (κ3) is 6.08. The van der Waals surface area contributed by atoms with Gasteiger partial charge >= 0.3 is 0 Å². The van der Waals surface area contributed by atoms with Gasteiger partial charge in [-0.25, -0.2) is 5.01 Å². The average molecular weight is 556 g/mol. The van der Waals surface area contributed by atoms with Crippen molar-refractivity contribution in [2.45, 2.75) is 17.7 Å². The standard InChI is InChI=1S/C30H26ClN5O2S/c1-21-12-18-26(19-13-21)39(37,38)35-30(33-29(32)24-10-6-3-7-11-24)36-20-27(22-8-4-2-5-9-22)28(34-36)23-14-16-25(31)17-15-23/h2-19,27H,20H2,1H3,(H2,32,33,35)/t27-/m1/s1. The van der Waals surface area contributed by atoms with Crippen LogP contribution in [0.1, 0.15) is 28.2 Å². The Morgan fingerprint density at radius 1 is 0.897 bits per heavy atom. The fourth-order valence-corrected chi connectivity index (χ4v) is 5.29. The lowest BCUT2D eigenvalue weighted by molar-refractivity contribution is 0.470. The van der Waals surface area contributed by atoms with Crippen LogP contribution in [0.4, 0.5) is 0 Å². The number of hydrogen-bond acceptors (Lipinski definition) is 3. The molecule has 0 aliphatic carbocycles. The Morgan fingerprint density at radius 2 is 1.51 bits per heavy atom. The first-order valence-corrected chi connectivity index (χ1v) is 14.1. The fourth-order valence-electron chi connectivity index (χ4n) is 4.23. The predicted molar refractivity (Wildman–Crippen MR) is 157 cm³/mol. The van der Waals surface area contributed by atoms with E-state index in [2.05, 4.69) is 9.39 Å². The number of halogens is 1.